The molecule has 0 spiro atoms. The van der Waals surface area contributed by atoms with E-state index in [0.29, 0.717) is 5.92 Å². The second-order valence-electron chi connectivity index (χ2n) is 4.65. The van der Waals surface area contributed by atoms with Gasteiger partial charge in [0.25, 0.3) is 0 Å². The molecule has 0 unspecified atom stereocenters. The minimum atomic E-state index is 0.636. The first-order valence-electron chi connectivity index (χ1n) is 6.40. The Labute approximate surface area is 104 Å². The minimum absolute atomic E-state index is 0.636. The van der Waals surface area contributed by atoms with Crippen molar-refractivity contribution >= 4 is 0 Å². The Bertz CT molecular complexity index is 456. The largest absolute Gasteiger partial charge is 0.0648 e. The molecular formula is C17H20. The van der Waals surface area contributed by atoms with E-state index in [1.54, 1.807) is 0 Å². The van der Waals surface area contributed by atoms with E-state index in [1.165, 1.54) is 23.1 Å². The predicted octanol–water partition coefficient (Wildman–Crippen LogP) is 4.73. The fourth-order valence-corrected chi connectivity index (χ4v) is 2.33. The topological polar surface area (TPSA) is 0 Å². The van der Waals surface area contributed by atoms with Gasteiger partial charge in [-0.1, -0.05) is 61.5 Å². The standard InChI is InChI=1S/C17H20/c1-3-15(16-10-5-4-6-11-16)13-17-12-8-7-9-14(17)2/h4-12,15H,3,13H2,1-2H3/t15-/m0/s1. The molecule has 0 amide bonds. The summed E-state index contributed by atoms with van der Waals surface area (Å²) < 4.78 is 0. The molecule has 0 heterocycles. The van der Waals surface area contributed by atoms with E-state index < -0.39 is 0 Å². The van der Waals surface area contributed by atoms with Gasteiger partial charge in [0.2, 0.25) is 0 Å². The summed E-state index contributed by atoms with van der Waals surface area (Å²) in [5, 5.41) is 0. The van der Waals surface area contributed by atoms with Crippen LogP contribution < -0.4 is 0 Å². The Morgan fingerprint density at radius 2 is 1.53 bits per heavy atom. The SMILES string of the molecule is CC[C@@H](Cc1ccccc1C)c1ccccc1. The van der Waals surface area contributed by atoms with E-state index in [2.05, 4.69) is 68.4 Å². The van der Waals surface area contributed by atoms with Gasteiger partial charge in [0.05, 0.1) is 0 Å². The third-order valence-corrected chi connectivity index (χ3v) is 3.49. The van der Waals surface area contributed by atoms with Gasteiger partial charge in [0.15, 0.2) is 0 Å². The number of rotatable bonds is 4. The van der Waals surface area contributed by atoms with E-state index in [-0.39, 0.29) is 0 Å². The van der Waals surface area contributed by atoms with Crippen LogP contribution in [0.4, 0.5) is 0 Å². The van der Waals surface area contributed by atoms with Crippen molar-refractivity contribution in [3.05, 3.63) is 71.3 Å². The summed E-state index contributed by atoms with van der Waals surface area (Å²) in [4.78, 5) is 0. The van der Waals surface area contributed by atoms with Gasteiger partial charge in [-0.2, -0.15) is 0 Å². The second-order valence-corrected chi connectivity index (χ2v) is 4.65. The zero-order valence-corrected chi connectivity index (χ0v) is 10.7. The van der Waals surface area contributed by atoms with Crippen molar-refractivity contribution in [2.45, 2.75) is 32.6 Å². The van der Waals surface area contributed by atoms with Crippen LogP contribution in [-0.2, 0) is 6.42 Å². The molecule has 0 fully saturated rings. The van der Waals surface area contributed by atoms with Gasteiger partial charge in [-0.15, -0.1) is 0 Å². The molecule has 0 N–H and O–H groups in total. The third kappa shape index (κ3) is 2.97. The molecule has 0 bridgehead atoms. The molecule has 0 heteroatoms. The Balaban J connectivity index is 2.19. The third-order valence-electron chi connectivity index (χ3n) is 3.49. The minimum Gasteiger partial charge on any atom is -0.0648 e. The summed E-state index contributed by atoms with van der Waals surface area (Å²) in [6.45, 7) is 4.48. The molecular weight excluding hydrogens is 204 g/mol. The van der Waals surface area contributed by atoms with Gasteiger partial charge in [-0.05, 0) is 42.4 Å². The molecule has 0 saturated carbocycles. The van der Waals surface area contributed by atoms with Crippen LogP contribution in [0.3, 0.4) is 0 Å². The summed E-state index contributed by atoms with van der Waals surface area (Å²) in [6.07, 6.45) is 2.34. The molecule has 17 heavy (non-hydrogen) atoms. The molecule has 0 radical (unpaired) electrons. The first-order chi connectivity index (χ1) is 8.31. The molecule has 0 aliphatic carbocycles. The summed E-state index contributed by atoms with van der Waals surface area (Å²) in [7, 11) is 0. The van der Waals surface area contributed by atoms with Crippen LogP contribution in [0.25, 0.3) is 0 Å². The van der Waals surface area contributed by atoms with E-state index in [1.807, 2.05) is 0 Å². The Morgan fingerprint density at radius 1 is 0.882 bits per heavy atom. The monoisotopic (exact) mass is 224 g/mol. The zero-order chi connectivity index (χ0) is 12.1. The highest BCUT2D eigenvalue weighted by atomic mass is 14.1. The highest BCUT2D eigenvalue weighted by Crippen LogP contribution is 2.25. The molecule has 2 aromatic carbocycles. The van der Waals surface area contributed by atoms with Crippen LogP contribution in [-0.4, -0.2) is 0 Å². The first kappa shape index (κ1) is 11.9. The van der Waals surface area contributed by atoms with Crippen molar-refractivity contribution in [1.82, 2.24) is 0 Å². The van der Waals surface area contributed by atoms with Crippen molar-refractivity contribution < 1.29 is 0 Å². The maximum atomic E-state index is 2.27. The second kappa shape index (κ2) is 5.67. The van der Waals surface area contributed by atoms with Crippen LogP contribution in [0.2, 0.25) is 0 Å². The van der Waals surface area contributed by atoms with E-state index in [9.17, 15) is 0 Å². The number of aryl methyl sites for hydroxylation is 1. The molecule has 88 valence electrons. The zero-order valence-electron chi connectivity index (χ0n) is 10.7. The molecule has 0 nitrogen and oxygen atoms in total. The smallest absolute Gasteiger partial charge is 0.0124 e. The van der Waals surface area contributed by atoms with Crippen LogP contribution >= 0.6 is 0 Å². The van der Waals surface area contributed by atoms with Gasteiger partial charge in [0, 0.05) is 0 Å². The van der Waals surface area contributed by atoms with E-state index in [0.717, 1.165) is 6.42 Å². The average Bonchev–Trinajstić information content (AvgIpc) is 2.39. The lowest BCUT2D eigenvalue weighted by Crippen LogP contribution is -2.02. The molecule has 0 aliphatic rings. The van der Waals surface area contributed by atoms with Crippen molar-refractivity contribution in [2.24, 2.45) is 0 Å². The number of benzene rings is 2. The summed E-state index contributed by atoms with van der Waals surface area (Å²) >= 11 is 0. The Kier molecular flexibility index (Phi) is 3.98. The van der Waals surface area contributed by atoms with E-state index >= 15 is 0 Å². The molecule has 2 rings (SSSR count). The molecule has 0 saturated heterocycles. The van der Waals surface area contributed by atoms with Gasteiger partial charge < -0.3 is 0 Å². The van der Waals surface area contributed by atoms with Gasteiger partial charge in [-0.3, -0.25) is 0 Å². The predicted molar refractivity (Wildman–Crippen MR) is 74.4 cm³/mol. The highest BCUT2D eigenvalue weighted by Gasteiger charge is 2.10. The van der Waals surface area contributed by atoms with Gasteiger partial charge in [0.1, 0.15) is 0 Å². The van der Waals surface area contributed by atoms with Crippen molar-refractivity contribution in [3.63, 3.8) is 0 Å². The lowest BCUT2D eigenvalue weighted by atomic mass is 9.88. The Morgan fingerprint density at radius 3 is 2.18 bits per heavy atom. The summed E-state index contributed by atoms with van der Waals surface area (Å²) in [5.41, 5.74) is 4.34. The lowest BCUT2D eigenvalue weighted by Gasteiger charge is -2.16. The van der Waals surface area contributed by atoms with Gasteiger partial charge in [-0.25, -0.2) is 0 Å². The number of hydrogen-bond acceptors (Lipinski definition) is 0. The maximum absolute atomic E-state index is 2.27. The molecule has 0 aliphatic heterocycles. The molecule has 0 aromatic heterocycles. The quantitative estimate of drug-likeness (QED) is 0.704. The first-order valence-corrected chi connectivity index (χ1v) is 6.40. The van der Waals surface area contributed by atoms with Crippen molar-refractivity contribution in [1.29, 1.82) is 0 Å². The van der Waals surface area contributed by atoms with Crippen LogP contribution in [0, 0.1) is 6.92 Å². The molecule has 1 atom stereocenters. The molecule has 2 aromatic rings. The maximum Gasteiger partial charge on any atom is -0.0124 e. The van der Waals surface area contributed by atoms with Gasteiger partial charge >= 0.3 is 0 Å². The summed E-state index contributed by atoms with van der Waals surface area (Å²) in [6, 6.07) is 19.5. The van der Waals surface area contributed by atoms with E-state index in [4.69, 9.17) is 0 Å². The van der Waals surface area contributed by atoms with Crippen molar-refractivity contribution in [2.75, 3.05) is 0 Å². The number of hydrogen-bond donors (Lipinski definition) is 0. The van der Waals surface area contributed by atoms with Crippen LogP contribution in [0.5, 0.6) is 0 Å². The fraction of sp³-hybridized carbons (Fsp3) is 0.294. The highest BCUT2D eigenvalue weighted by molar-refractivity contribution is 5.29. The van der Waals surface area contributed by atoms with Crippen molar-refractivity contribution in [3.8, 4) is 0 Å². The fourth-order valence-electron chi connectivity index (χ4n) is 2.33. The average molecular weight is 224 g/mol. The van der Waals surface area contributed by atoms with Crippen LogP contribution in [0.15, 0.2) is 54.6 Å². The van der Waals surface area contributed by atoms with Crippen LogP contribution in [0.1, 0.15) is 36.0 Å². The normalized spacial score (nSPS) is 12.4. The lowest BCUT2D eigenvalue weighted by molar-refractivity contribution is 0.658. The Hall–Kier alpha value is -1.56. The summed E-state index contributed by atoms with van der Waals surface area (Å²) in [5.74, 6) is 0.636.